The van der Waals surface area contributed by atoms with Crippen molar-refractivity contribution in [3.05, 3.63) is 34.5 Å². The second kappa shape index (κ2) is 10.5. The molecule has 162 valence electrons. The fourth-order valence-corrected chi connectivity index (χ4v) is 2.85. The maximum absolute atomic E-state index is 12.9. The van der Waals surface area contributed by atoms with Gasteiger partial charge in [-0.05, 0) is 19.9 Å². The molecule has 0 spiro atoms. The van der Waals surface area contributed by atoms with Gasteiger partial charge in [-0.1, -0.05) is 11.6 Å². The maximum atomic E-state index is 12.9. The van der Waals surface area contributed by atoms with E-state index < -0.39 is 11.9 Å². The average molecular weight is 439 g/mol. The first-order valence-electron chi connectivity index (χ1n) is 9.02. The first kappa shape index (κ1) is 23.1. The molecule has 0 radical (unpaired) electrons. The molecule has 30 heavy (non-hydrogen) atoms. The van der Waals surface area contributed by atoms with Gasteiger partial charge < -0.3 is 29.0 Å². The molecule has 2 rings (SSSR count). The van der Waals surface area contributed by atoms with Gasteiger partial charge in [0.1, 0.15) is 5.56 Å². The Labute approximate surface area is 179 Å². The second-order valence-electron chi connectivity index (χ2n) is 5.66. The number of nitrogens with one attached hydrogen (secondary N) is 1. The van der Waals surface area contributed by atoms with Crippen LogP contribution in [0.3, 0.4) is 0 Å². The summed E-state index contributed by atoms with van der Waals surface area (Å²) in [6.07, 6.45) is 0. The van der Waals surface area contributed by atoms with Crippen LogP contribution >= 0.6 is 11.6 Å². The van der Waals surface area contributed by atoms with E-state index in [1.807, 2.05) is 0 Å². The van der Waals surface area contributed by atoms with E-state index in [2.05, 4.69) is 10.3 Å². The Morgan fingerprint density at radius 3 is 2.30 bits per heavy atom. The monoisotopic (exact) mass is 438 g/mol. The van der Waals surface area contributed by atoms with Gasteiger partial charge in [0.2, 0.25) is 11.6 Å². The molecule has 1 N–H and O–H groups in total. The SMILES string of the molecule is CCOC(=O)c1c(NC(=O)c2nc(OCC)ccc2Cl)cc(OC)c(OC)c1OC. The van der Waals surface area contributed by atoms with Crippen LogP contribution in [-0.2, 0) is 4.74 Å². The third-order valence-electron chi connectivity index (χ3n) is 3.89. The van der Waals surface area contributed by atoms with Crippen molar-refractivity contribution < 1.29 is 33.3 Å². The van der Waals surface area contributed by atoms with Crippen molar-refractivity contribution in [1.82, 2.24) is 4.98 Å². The number of carbonyl (C=O) groups is 2. The molecule has 1 heterocycles. The highest BCUT2D eigenvalue weighted by atomic mass is 35.5. The fraction of sp³-hybridized carbons (Fsp3) is 0.350. The lowest BCUT2D eigenvalue weighted by Crippen LogP contribution is -2.19. The summed E-state index contributed by atoms with van der Waals surface area (Å²) < 4.78 is 26.4. The second-order valence-corrected chi connectivity index (χ2v) is 6.06. The molecule has 0 unspecified atom stereocenters. The molecule has 0 saturated carbocycles. The zero-order valence-electron chi connectivity index (χ0n) is 17.3. The summed E-state index contributed by atoms with van der Waals surface area (Å²) in [6.45, 7) is 3.94. The third kappa shape index (κ3) is 4.85. The van der Waals surface area contributed by atoms with E-state index in [1.54, 1.807) is 19.9 Å². The van der Waals surface area contributed by atoms with Crippen molar-refractivity contribution in [2.24, 2.45) is 0 Å². The standard InChI is InChI=1S/C20H23ClN2O7/c1-6-29-14-9-8-11(21)16(23-14)19(24)22-12-10-13(26-3)17(27-4)18(28-5)15(12)20(25)30-7-2/h8-10H,6-7H2,1-5H3,(H,22,24). The molecule has 0 aliphatic rings. The Balaban J connectivity index is 2.58. The molecule has 0 aliphatic carbocycles. The van der Waals surface area contributed by atoms with Crippen LogP contribution in [0.15, 0.2) is 18.2 Å². The molecule has 9 nitrogen and oxygen atoms in total. The Kier molecular flexibility index (Phi) is 8.11. The van der Waals surface area contributed by atoms with Gasteiger partial charge in [0.25, 0.3) is 5.91 Å². The van der Waals surface area contributed by atoms with E-state index in [1.165, 1.54) is 33.5 Å². The van der Waals surface area contributed by atoms with Crippen molar-refractivity contribution in [3.63, 3.8) is 0 Å². The van der Waals surface area contributed by atoms with Crippen LogP contribution in [0.1, 0.15) is 34.7 Å². The number of aromatic nitrogens is 1. The third-order valence-corrected chi connectivity index (χ3v) is 4.19. The van der Waals surface area contributed by atoms with Gasteiger partial charge in [0, 0.05) is 12.1 Å². The van der Waals surface area contributed by atoms with Crippen LogP contribution in [0, 0.1) is 0 Å². The Bertz CT molecular complexity index is 934. The van der Waals surface area contributed by atoms with Gasteiger partial charge in [-0.2, -0.15) is 0 Å². The van der Waals surface area contributed by atoms with Crippen LogP contribution in [-0.4, -0.2) is 51.4 Å². The molecule has 10 heteroatoms. The van der Waals surface area contributed by atoms with E-state index in [9.17, 15) is 9.59 Å². The highest BCUT2D eigenvalue weighted by Gasteiger charge is 2.28. The number of pyridine rings is 1. The summed E-state index contributed by atoms with van der Waals surface area (Å²) in [4.78, 5) is 29.6. The molecule has 1 aromatic heterocycles. The van der Waals surface area contributed by atoms with E-state index in [-0.39, 0.29) is 51.7 Å². The summed E-state index contributed by atoms with van der Waals surface area (Å²) in [5.74, 6) is -0.681. The lowest BCUT2D eigenvalue weighted by Gasteiger charge is -2.19. The molecule has 2 aromatic rings. The van der Waals surface area contributed by atoms with E-state index in [0.717, 1.165) is 0 Å². The molecule has 0 fully saturated rings. The number of nitrogens with zero attached hydrogens (tertiary/aromatic N) is 1. The normalized spacial score (nSPS) is 10.2. The van der Waals surface area contributed by atoms with Gasteiger partial charge in [0.15, 0.2) is 17.2 Å². The minimum Gasteiger partial charge on any atom is -0.493 e. The predicted octanol–water partition coefficient (Wildman–Crippen LogP) is 3.59. The lowest BCUT2D eigenvalue weighted by atomic mass is 10.1. The van der Waals surface area contributed by atoms with E-state index in [0.29, 0.717) is 6.61 Å². The zero-order chi connectivity index (χ0) is 22.3. The van der Waals surface area contributed by atoms with Crippen LogP contribution < -0.4 is 24.3 Å². The minimum atomic E-state index is -0.715. The number of amides is 1. The largest absolute Gasteiger partial charge is 0.493 e. The number of ether oxygens (including phenoxy) is 5. The van der Waals surface area contributed by atoms with Gasteiger partial charge in [0.05, 0.1) is 45.3 Å². The fourth-order valence-electron chi connectivity index (χ4n) is 2.65. The Morgan fingerprint density at radius 1 is 1.03 bits per heavy atom. The number of methoxy groups -OCH3 is 3. The number of hydrogen-bond donors (Lipinski definition) is 1. The highest BCUT2D eigenvalue weighted by molar-refractivity contribution is 6.34. The van der Waals surface area contributed by atoms with Crippen molar-refractivity contribution in [2.75, 3.05) is 39.9 Å². The Hall–Kier alpha value is -3.20. The Morgan fingerprint density at radius 2 is 1.73 bits per heavy atom. The summed E-state index contributed by atoms with van der Waals surface area (Å²) >= 11 is 6.13. The van der Waals surface area contributed by atoms with Crippen LogP contribution in [0.2, 0.25) is 5.02 Å². The minimum absolute atomic E-state index is 0.0394. The van der Waals surface area contributed by atoms with Gasteiger partial charge >= 0.3 is 5.97 Å². The number of anilines is 1. The van der Waals surface area contributed by atoms with Gasteiger partial charge in [-0.15, -0.1) is 0 Å². The van der Waals surface area contributed by atoms with Crippen molar-refractivity contribution in [2.45, 2.75) is 13.8 Å². The molecule has 0 atom stereocenters. The number of hydrogen-bond acceptors (Lipinski definition) is 8. The zero-order valence-corrected chi connectivity index (χ0v) is 18.1. The molecular weight excluding hydrogens is 416 g/mol. The van der Waals surface area contributed by atoms with E-state index >= 15 is 0 Å². The van der Waals surface area contributed by atoms with Crippen LogP contribution in [0.5, 0.6) is 23.1 Å². The van der Waals surface area contributed by atoms with Crippen molar-refractivity contribution in [1.29, 1.82) is 0 Å². The van der Waals surface area contributed by atoms with E-state index in [4.69, 9.17) is 35.3 Å². The molecule has 0 saturated heterocycles. The predicted molar refractivity (Wildman–Crippen MR) is 110 cm³/mol. The molecule has 0 bridgehead atoms. The number of rotatable bonds is 9. The first-order valence-corrected chi connectivity index (χ1v) is 9.40. The average Bonchev–Trinajstić information content (AvgIpc) is 2.74. The number of carbonyl (C=O) groups excluding carboxylic acids is 2. The number of benzene rings is 1. The summed E-state index contributed by atoms with van der Waals surface area (Å²) in [7, 11) is 4.17. The maximum Gasteiger partial charge on any atom is 0.344 e. The van der Waals surface area contributed by atoms with Gasteiger partial charge in [-0.3, -0.25) is 4.79 Å². The highest BCUT2D eigenvalue weighted by Crippen LogP contribution is 2.44. The molecule has 1 aromatic carbocycles. The molecule has 0 aliphatic heterocycles. The number of halogens is 1. The first-order chi connectivity index (χ1) is 14.4. The summed E-state index contributed by atoms with van der Waals surface area (Å²) in [6, 6.07) is 4.47. The summed E-state index contributed by atoms with van der Waals surface area (Å²) in [5.41, 5.74) is -0.0405. The topological polar surface area (TPSA) is 105 Å². The van der Waals surface area contributed by atoms with Crippen molar-refractivity contribution in [3.8, 4) is 23.1 Å². The smallest absolute Gasteiger partial charge is 0.344 e. The van der Waals surface area contributed by atoms with Gasteiger partial charge in [-0.25, -0.2) is 9.78 Å². The summed E-state index contributed by atoms with van der Waals surface area (Å²) in [5, 5.41) is 2.73. The van der Waals surface area contributed by atoms with Crippen LogP contribution in [0.25, 0.3) is 0 Å². The molecular formula is C20H23ClN2O7. The van der Waals surface area contributed by atoms with Crippen LogP contribution in [0.4, 0.5) is 5.69 Å². The quantitative estimate of drug-likeness (QED) is 0.592. The number of esters is 1. The van der Waals surface area contributed by atoms with Crippen molar-refractivity contribution >= 4 is 29.2 Å². The lowest BCUT2D eigenvalue weighted by molar-refractivity contribution is 0.0523. The molecule has 1 amide bonds.